The fourth-order valence-corrected chi connectivity index (χ4v) is 2.68. The monoisotopic (exact) mass is 524 g/mol. The molecule has 9 heteroatoms. The number of aromatic nitrogens is 3. The van der Waals surface area contributed by atoms with Crippen LogP contribution < -0.4 is 11.1 Å². The van der Waals surface area contributed by atoms with Gasteiger partial charge in [-0.2, -0.15) is 0 Å². The molecule has 2 rings (SSSR count). The molecule has 1 aromatic heterocycles. The highest BCUT2D eigenvalue weighted by atomic mass is 35.5. The van der Waals surface area contributed by atoms with Crippen LogP contribution in [0.15, 0.2) is 48.7 Å². The normalized spacial score (nSPS) is 15.8. The van der Waals surface area contributed by atoms with Crippen LogP contribution in [0.25, 0.3) is 0 Å². The quantitative estimate of drug-likeness (QED) is 0.398. The van der Waals surface area contributed by atoms with E-state index in [1.807, 2.05) is 58.6 Å². The summed E-state index contributed by atoms with van der Waals surface area (Å²) in [6, 6.07) is 0.0103. The Morgan fingerprint density at radius 2 is 1.94 bits per heavy atom. The highest BCUT2D eigenvalue weighted by Gasteiger charge is 2.17. The Balaban J connectivity index is 0. The molecule has 0 saturated heterocycles. The molecule has 2 atom stereocenters. The van der Waals surface area contributed by atoms with Gasteiger partial charge >= 0.3 is 0 Å². The van der Waals surface area contributed by atoms with Gasteiger partial charge in [0.1, 0.15) is 6.33 Å². The summed E-state index contributed by atoms with van der Waals surface area (Å²) < 4.78 is 7.44. The van der Waals surface area contributed by atoms with Crippen LogP contribution in [0.5, 0.6) is 0 Å². The van der Waals surface area contributed by atoms with Crippen LogP contribution in [0.3, 0.4) is 0 Å². The van der Waals surface area contributed by atoms with Gasteiger partial charge in [0.05, 0.1) is 29.0 Å². The second-order valence-corrected chi connectivity index (χ2v) is 9.26. The largest absolute Gasteiger partial charge is 0.370 e. The third-order valence-corrected chi connectivity index (χ3v) is 4.57. The number of amides is 1. The van der Waals surface area contributed by atoms with Crippen molar-refractivity contribution in [3.8, 4) is 0 Å². The van der Waals surface area contributed by atoms with E-state index in [2.05, 4.69) is 47.0 Å². The maximum absolute atomic E-state index is 9.72. The third-order valence-electron chi connectivity index (χ3n) is 4.20. The summed E-state index contributed by atoms with van der Waals surface area (Å²) in [6.45, 7) is 14.0. The topological polar surface area (TPSA) is 98.3 Å². The number of nitrogens with zero attached hydrogens (tertiary/aromatic N) is 4. The Bertz CT molecular complexity index is 807. The molecular formula is C27H49ClN6O2. The summed E-state index contributed by atoms with van der Waals surface area (Å²) >= 11 is 5.90. The lowest BCUT2D eigenvalue weighted by atomic mass is 10.0. The maximum Gasteiger partial charge on any atom is 0.207 e. The molecule has 0 bridgehead atoms. The molecule has 1 aromatic rings. The van der Waals surface area contributed by atoms with Crippen LogP contribution in [-0.2, 0) is 16.6 Å². The SMILES string of the molecule is CC1=CC(OC(C)C)C(N)C=C1.CCC.CN(C)CCCNC=O.Cc1ncnccn(C)cc1Cl. The van der Waals surface area contributed by atoms with Gasteiger partial charge in [-0.15, -0.1) is 0 Å². The molecule has 0 saturated carbocycles. The Morgan fingerprint density at radius 3 is 2.50 bits per heavy atom. The van der Waals surface area contributed by atoms with Crippen molar-refractivity contribution in [2.24, 2.45) is 12.8 Å². The molecule has 206 valence electrons. The van der Waals surface area contributed by atoms with Crippen LogP contribution >= 0.6 is 11.6 Å². The number of allylic oxidation sites excluding steroid dienone is 2. The molecule has 1 aliphatic rings. The van der Waals surface area contributed by atoms with E-state index in [-0.39, 0.29) is 18.2 Å². The molecule has 0 radical (unpaired) electrons. The van der Waals surface area contributed by atoms with E-state index in [4.69, 9.17) is 22.1 Å². The number of nitrogens with one attached hydrogen (secondary N) is 1. The lowest BCUT2D eigenvalue weighted by Gasteiger charge is -2.24. The predicted molar refractivity (Wildman–Crippen MR) is 152 cm³/mol. The first kappa shape index (κ1) is 35.9. The molecule has 8 nitrogen and oxygen atoms in total. The number of carbonyl (C=O) groups is 1. The third kappa shape index (κ3) is 22.2. The van der Waals surface area contributed by atoms with Crippen molar-refractivity contribution in [3.05, 3.63) is 59.4 Å². The van der Waals surface area contributed by atoms with Crippen LogP contribution in [-0.4, -0.2) is 71.3 Å². The predicted octanol–water partition coefficient (Wildman–Crippen LogP) is 4.63. The standard InChI is InChI=1S/C10H17NO.C8H10ClN3.C6H14N2O.C3H8/c1-7(2)12-10-6-8(3)4-5-9(10)11;1-7-8(9)5-12(2)4-3-10-6-11-7;1-8(2)5-3-4-7-6-9;1-3-2/h4-7,9-10H,11H2,1-3H3;3-6H,1-2H3;6H,3-5H2,1-2H3,(H,7,9);3H2,1-2H3. The molecule has 1 heterocycles. The molecule has 2 unspecified atom stereocenters. The van der Waals surface area contributed by atoms with Crippen LogP contribution in [0, 0.1) is 6.92 Å². The highest BCUT2D eigenvalue weighted by Crippen LogP contribution is 2.13. The molecule has 1 amide bonds. The van der Waals surface area contributed by atoms with E-state index in [1.165, 1.54) is 18.3 Å². The van der Waals surface area contributed by atoms with Crippen LogP contribution in [0.4, 0.5) is 0 Å². The fourth-order valence-electron chi connectivity index (χ4n) is 2.48. The molecule has 1 aliphatic carbocycles. The number of nitrogens with two attached hydrogens (primary N) is 1. The van der Waals surface area contributed by atoms with Crippen molar-refractivity contribution in [2.45, 2.75) is 72.6 Å². The van der Waals surface area contributed by atoms with Crippen molar-refractivity contribution in [3.63, 3.8) is 0 Å². The van der Waals surface area contributed by atoms with Gasteiger partial charge in [-0.05, 0) is 54.8 Å². The number of hydrogen-bond acceptors (Lipinski definition) is 6. The number of aryl methyl sites for hydroxylation is 2. The van der Waals surface area contributed by atoms with Crippen molar-refractivity contribution in [1.82, 2.24) is 24.8 Å². The van der Waals surface area contributed by atoms with Gasteiger partial charge in [-0.1, -0.05) is 55.7 Å². The number of halogens is 1. The first-order valence-corrected chi connectivity index (χ1v) is 12.8. The summed E-state index contributed by atoms with van der Waals surface area (Å²) in [5, 5.41) is 3.22. The van der Waals surface area contributed by atoms with Gasteiger partial charge in [0.2, 0.25) is 6.41 Å². The number of hydrogen-bond donors (Lipinski definition) is 2. The lowest BCUT2D eigenvalue weighted by molar-refractivity contribution is -0.109. The van der Waals surface area contributed by atoms with E-state index in [1.54, 1.807) is 18.6 Å². The van der Waals surface area contributed by atoms with Gasteiger partial charge in [0, 0.05) is 32.2 Å². The number of ether oxygens (including phenoxy) is 1. The van der Waals surface area contributed by atoms with Gasteiger partial charge in [0.15, 0.2) is 0 Å². The summed E-state index contributed by atoms with van der Waals surface area (Å²) in [5.74, 6) is 0. The van der Waals surface area contributed by atoms with Crippen LogP contribution in [0.1, 0.15) is 53.2 Å². The molecular weight excluding hydrogens is 476 g/mol. The zero-order chi connectivity index (χ0) is 27.9. The van der Waals surface area contributed by atoms with Crippen molar-refractivity contribution < 1.29 is 9.53 Å². The summed E-state index contributed by atoms with van der Waals surface area (Å²) in [6.07, 6.45) is 16.1. The summed E-state index contributed by atoms with van der Waals surface area (Å²) in [4.78, 5) is 19.7. The average molecular weight is 525 g/mol. The average Bonchev–Trinajstić information content (AvgIpc) is 2.86. The van der Waals surface area contributed by atoms with E-state index >= 15 is 0 Å². The van der Waals surface area contributed by atoms with E-state index in [0.717, 1.165) is 31.6 Å². The first-order valence-electron chi connectivity index (χ1n) is 12.4. The second-order valence-electron chi connectivity index (χ2n) is 8.85. The first-order chi connectivity index (χ1) is 17.0. The minimum absolute atomic E-state index is 0.0103. The number of carbonyl (C=O) groups excluding carboxylic acids is 1. The second kappa shape index (κ2) is 23.2. The van der Waals surface area contributed by atoms with Gasteiger partial charge in [0.25, 0.3) is 0 Å². The van der Waals surface area contributed by atoms with Crippen molar-refractivity contribution >= 4 is 18.0 Å². The smallest absolute Gasteiger partial charge is 0.207 e. The fraction of sp³-hybridized carbons (Fsp3) is 0.593. The minimum atomic E-state index is 0.0103. The molecule has 0 fully saturated rings. The molecule has 3 N–H and O–H groups in total. The van der Waals surface area contributed by atoms with Crippen molar-refractivity contribution in [1.29, 1.82) is 0 Å². The lowest BCUT2D eigenvalue weighted by Crippen LogP contribution is -2.36. The Morgan fingerprint density at radius 1 is 1.31 bits per heavy atom. The Hall–Kier alpha value is -2.26. The summed E-state index contributed by atoms with van der Waals surface area (Å²) in [5.41, 5.74) is 7.82. The maximum atomic E-state index is 9.72. The highest BCUT2D eigenvalue weighted by molar-refractivity contribution is 6.30. The minimum Gasteiger partial charge on any atom is -0.370 e. The Labute approximate surface area is 224 Å². The molecule has 36 heavy (non-hydrogen) atoms. The van der Waals surface area contributed by atoms with Crippen LogP contribution in [0.2, 0.25) is 5.02 Å². The van der Waals surface area contributed by atoms with Gasteiger partial charge in [-0.3, -0.25) is 4.79 Å². The van der Waals surface area contributed by atoms with Crippen molar-refractivity contribution in [2.75, 3.05) is 27.2 Å². The number of rotatable bonds is 7. The van der Waals surface area contributed by atoms with E-state index < -0.39 is 0 Å². The van der Waals surface area contributed by atoms with Gasteiger partial charge in [-0.25, -0.2) is 9.97 Å². The molecule has 0 aliphatic heterocycles. The zero-order valence-corrected chi connectivity index (χ0v) is 24.5. The van der Waals surface area contributed by atoms with Gasteiger partial charge < -0.3 is 25.3 Å². The molecule has 0 spiro atoms. The van der Waals surface area contributed by atoms with E-state index in [0.29, 0.717) is 5.02 Å². The summed E-state index contributed by atoms with van der Waals surface area (Å²) in [7, 11) is 5.91. The van der Waals surface area contributed by atoms with E-state index in [9.17, 15) is 4.79 Å². The molecule has 0 aromatic carbocycles. The zero-order valence-electron chi connectivity index (χ0n) is 23.7. The Kier molecular flexibility index (Phi) is 23.1.